The van der Waals surface area contributed by atoms with Crippen molar-refractivity contribution >= 4 is 17.4 Å². The average Bonchev–Trinajstić information content (AvgIpc) is 2.41. The standard InChI is InChI=1S/C10H11BF4O6S/c1-18-11(19-2)20-6-7-5-8(12)3-4-9(7)21-22(16,17)10(13,14)15/h3-5H,6H2,1-2H3. The Bertz CT molecular complexity index is 602. The molecule has 0 N–H and O–H groups in total. The van der Waals surface area contributed by atoms with E-state index in [0.29, 0.717) is 0 Å². The summed E-state index contributed by atoms with van der Waals surface area (Å²) in [5, 5.41) is 0. The average molecular weight is 346 g/mol. The van der Waals surface area contributed by atoms with Gasteiger partial charge in [-0.05, 0) is 18.2 Å². The number of rotatable bonds is 7. The molecule has 0 spiro atoms. The van der Waals surface area contributed by atoms with Gasteiger partial charge >= 0.3 is 22.9 Å². The van der Waals surface area contributed by atoms with E-state index in [4.69, 9.17) is 4.65 Å². The number of halogens is 4. The lowest BCUT2D eigenvalue weighted by Crippen LogP contribution is -2.28. The number of hydrogen-bond donors (Lipinski definition) is 0. The Morgan fingerprint density at radius 1 is 1.18 bits per heavy atom. The first-order valence-corrected chi connectivity index (χ1v) is 6.98. The fourth-order valence-corrected chi connectivity index (χ4v) is 1.79. The number of hydrogen-bond acceptors (Lipinski definition) is 6. The normalized spacial score (nSPS) is 12.3. The molecule has 12 heteroatoms. The van der Waals surface area contributed by atoms with Crippen molar-refractivity contribution in [2.45, 2.75) is 12.1 Å². The first-order chi connectivity index (χ1) is 10.1. The highest BCUT2D eigenvalue weighted by molar-refractivity contribution is 7.88. The minimum atomic E-state index is -5.88. The molecular weight excluding hydrogens is 335 g/mol. The third kappa shape index (κ3) is 4.83. The Kier molecular flexibility index (Phi) is 6.17. The van der Waals surface area contributed by atoms with Crippen LogP contribution < -0.4 is 4.18 Å². The highest BCUT2D eigenvalue weighted by Gasteiger charge is 2.48. The first kappa shape index (κ1) is 18.7. The van der Waals surface area contributed by atoms with Gasteiger partial charge in [0.05, 0.1) is 6.61 Å². The van der Waals surface area contributed by atoms with Crippen LogP contribution in [0.1, 0.15) is 5.56 Å². The van der Waals surface area contributed by atoms with E-state index in [-0.39, 0.29) is 5.56 Å². The maximum Gasteiger partial charge on any atom is 0.639 e. The summed E-state index contributed by atoms with van der Waals surface area (Å²) < 4.78 is 90.3. The minimum Gasteiger partial charge on any atom is -0.389 e. The second-order valence-electron chi connectivity index (χ2n) is 3.81. The van der Waals surface area contributed by atoms with Crippen LogP contribution in [0.5, 0.6) is 5.75 Å². The predicted octanol–water partition coefficient (Wildman–Crippen LogP) is 1.85. The lowest BCUT2D eigenvalue weighted by atomic mass is 10.2. The molecule has 1 aromatic rings. The Labute approximate surface area is 124 Å². The zero-order valence-corrected chi connectivity index (χ0v) is 12.2. The second-order valence-corrected chi connectivity index (χ2v) is 5.34. The van der Waals surface area contributed by atoms with Gasteiger partial charge in [0, 0.05) is 19.8 Å². The van der Waals surface area contributed by atoms with Gasteiger partial charge in [0.15, 0.2) is 0 Å². The van der Waals surface area contributed by atoms with E-state index >= 15 is 0 Å². The highest BCUT2D eigenvalue weighted by atomic mass is 32.2. The van der Waals surface area contributed by atoms with Crippen LogP contribution in [-0.2, 0) is 30.7 Å². The summed E-state index contributed by atoms with van der Waals surface area (Å²) >= 11 is 0. The monoisotopic (exact) mass is 346 g/mol. The topological polar surface area (TPSA) is 71.1 Å². The van der Waals surface area contributed by atoms with Crippen molar-refractivity contribution in [3.63, 3.8) is 0 Å². The lowest BCUT2D eigenvalue weighted by Gasteiger charge is -2.14. The maximum absolute atomic E-state index is 13.2. The summed E-state index contributed by atoms with van der Waals surface area (Å²) in [5.74, 6) is -1.54. The fourth-order valence-electron chi connectivity index (χ4n) is 1.30. The van der Waals surface area contributed by atoms with Crippen LogP contribution in [0, 0.1) is 5.82 Å². The van der Waals surface area contributed by atoms with E-state index in [0.717, 1.165) is 18.2 Å². The molecule has 0 aliphatic heterocycles. The number of alkyl halides is 3. The Hall–Kier alpha value is -1.37. The van der Waals surface area contributed by atoms with Crippen LogP contribution in [0.4, 0.5) is 17.6 Å². The summed E-state index contributed by atoms with van der Waals surface area (Å²) in [6.45, 7) is -0.507. The Balaban J connectivity index is 3.01. The van der Waals surface area contributed by atoms with Crippen molar-refractivity contribution in [1.82, 2.24) is 0 Å². The number of benzene rings is 1. The summed E-state index contributed by atoms with van der Waals surface area (Å²) in [5.41, 5.74) is -5.88. The Morgan fingerprint density at radius 2 is 1.77 bits per heavy atom. The quantitative estimate of drug-likeness (QED) is 0.325. The van der Waals surface area contributed by atoms with E-state index in [1.165, 1.54) is 14.2 Å². The van der Waals surface area contributed by atoms with E-state index in [9.17, 15) is 26.0 Å². The van der Waals surface area contributed by atoms with Crippen LogP contribution in [0.25, 0.3) is 0 Å². The van der Waals surface area contributed by atoms with Crippen molar-refractivity contribution < 1.29 is 44.1 Å². The van der Waals surface area contributed by atoms with Crippen molar-refractivity contribution in [3.8, 4) is 5.75 Å². The predicted molar refractivity (Wildman–Crippen MR) is 66.6 cm³/mol. The molecule has 0 unspecified atom stereocenters. The molecular formula is C10H11BF4O6S. The van der Waals surface area contributed by atoms with Gasteiger partial charge in [0.25, 0.3) is 0 Å². The zero-order chi connectivity index (χ0) is 17.0. The molecule has 0 radical (unpaired) electrons. The molecule has 6 nitrogen and oxygen atoms in total. The van der Waals surface area contributed by atoms with E-state index in [1.54, 1.807) is 0 Å². The molecule has 0 saturated heterocycles. The van der Waals surface area contributed by atoms with Crippen LogP contribution in [0.15, 0.2) is 18.2 Å². The third-order valence-corrected chi connectivity index (χ3v) is 3.23. The molecule has 0 aliphatic rings. The van der Waals surface area contributed by atoms with Gasteiger partial charge in [-0.15, -0.1) is 0 Å². The summed E-state index contributed by atoms with van der Waals surface area (Å²) in [6.07, 6.45) is 0. The minimum absolute atomic E-state index is 0.271. The van der Waals surface area contributed by atoms with Crippen molar-refractivity contribution in [2.24, 2.45) is 0 Å². The van der Waals surface area contributed by atoms with Gasteiger partial charge in [0.2, 0.25) is 0 Å². The molecule has 0 aromatic heterocycles. The molecule has 0 fully saturated rings. The smallest absolute Gasteiger partial charge is 0.389 e. The lowest BCUT2D eigenvalue weighted by molar-refractivity contribution is -0.0500. The molecule has 0 atom stereocenters. The maximum atomic E-state index is 13.2. The van der Waals surface area contributed by atoms with Crippen LogP contribution in [-0.4, -0.2) is 35.5 Å². The molecule has 0 aliphatic carbocycles. The molecule has 1 rings (SSSR count). The largest absolute Gasteiger partial charge is 0.639 e. The SMILES string of the molecule is COB(OC)OCc1cc(F)ccc1OS(=O)(=O)C(F)(F)F. The van der Waals surface area contributed by atoms with Gasteiger partial charge in [-0.2, -0.15) is 21.6 Å². The fraction of sp³-hybridized carbons (Fsp3) is 0.400. The zero-order valence-electron chi connectivity index (χ0n) is 11.4. The van der Waals surface area contributed by atoms with E-state index in [2.05, 4.69) is 13.5 Å². The second kappa shape index (κ2) is 7.27. The molecule has 1 aromatic carbocycles. The first-order valence-electron chi connectivity index (χ1n) is 5.57. The van der Waals surface area contributed by atoms with Crippen molar-refractivity contribution in [1.29, 1.82) is 0 Å². The van der Waals surface area contributed by atoms with Gasteiger partial charge in [0.1, 0.15) is 11.6 Å². The van der Waals surface area contributed by atoms with E-state index < -0.39 is 41.1 Å². The van der Waals surface area contributed by atoms with Crippen molar-refractivity contribution in [3.05, 3.63) is 29.6 Å². The molecule has 22 heavy (non-hydrogen) atoms. The van der Waals surface area contributed by atoms with Gasteiger partial charge in [-0.1, -0.05) is 0 Å². The van der Waals surface area contributed by atoms with Crippen LogP contribution in [0.3, 0.4) is 0 Å². The van der Waals surface area contributed by atoms with Gasteiger partial charge in [-0.3, -0.25) is 0 Å². The summed E-state index contributed by atoms with van der Waals surface area (Å²) in [6, 6.07) is 2.25. The molecule has 0 heterocycles. The van der Waals surface area contributed by atoms with Crippen LogP contribution >= 0.6 is 0 Å². The summed E-state index contributed by atoms with van der Waals surface area (Å²) in [4.78, 5) is 0. The summed E-state index contributed by atoms with van der Waals surface area (Å²) in [7, 11) is -4.59. The van der Waals surface area contributed by atoms with E-state index in [1.807, 2.05) is 0 Å². The third-order valence-electron chi connectivity index (χ3n) is 2.27. The Morgan fingerprint density at radius 3 is 2.27 bits per heavy atom. The molecule has 0 saturated carbocycles. The molecule has 0 bridgehead atoms. The van der Waals surface area contributed by atoms with Gasteiger partial charge in [-0.25, -0.2) is 4.39 Å². The van der Waals surface area contributed by atoms with Gasteiger partial charge < -0.3 is 18.1 Å². The van der Waals surface area contributed by atoms with Crippen molar-refractivity contribution in [2.75, 3.05) is 14.2 Å². The molecule has 0 amide bonds. The van der Waals surface area contributed by atoms with Crippen LogP contribution in [0.2, 0.25) is 0 Å². The highest BCUT2D eigenvalue weighted by Crippen LogP contribution is 2.29. The molecule has 124 valence electrons.